The molecule has 0 aliphatic carbocycles. The van der Waals surface area contributed by atoms with Crippen LogP contribution in [0.25, 0.3) is 6.08 Å². The highest BCUT2D eigenvalue weighted by atomic mass is 35.5. The van der Waals surface area contributed by atoms with Crippen LogP contribution < -0.4 is 5.32 Å². The number of hydrogen-bond donors (Lipinski definition) is 1. The maximum Gasteiger partial charge on any atom is 0.331 e. The number of hydrogen-bond acceptors (Lipinski definition) is 3. The Hall–Kier alpha value is -2.30. The normalized spacial score (nSPS) is 10.7. The van der Waals surface area contributed by atoms with Gasteiger partial charge in [-0.05, 0) is 41.8 Å². The topological polar surface area (TPSA) is 55.4 Å². The number of carbonyl (C=O) groups is 2. The fourth-order valence-electron chi connectivity index (χ4n) is 2.10. The minimum absolute atomic E-state index is 0.359. The van der Waals surface area contributed by atoms with E-state index < -0.39 is 11.9 Å². The van der Waals surface area contributed by atoms with E-state index in [1.165, 1.54) is 12.2 Å². The van der Waals surface area contributed by atoms with Gasteiger partial charge in [0.15, 0.2) is 6.61 Å². The molecule has 0 aliphatic rings. The van der Waals surface area contributed by atoms with E-state index in [-0.39, 0.29) is 6.61 Å². The van der Waals surface area contributed by atoms with Crippen LogP contribution in [-0.2, 0) is 20.7 Å². The van der Waals surface area contributed by atoms with Gasteiger partial charge in [-0.25, -0.2) is 4.79 Å². The molecular weight excluding hydrogens is 361 g/mol. The van der Waals surface area contributed by atoms with E-state index in [4.69, 9.17) is 27.9 Å². The van der Waals surface area contributed by atoms with Crippen LogP contribution in [0, 0.1) is 0 Å². The molecule has 1 amide bonds. The van der Waals surface area contributed by atoms with Crippen molar-refractivity contribution in [2.75, 3.05) is 11.9 Å². The summed E-state index contributed by atoms with van der Waals surface area (Å²) in [6, 6.07) is 12.5. The zero-order valence-electron chi connectivity index (χ0n) is 13.6. The number of esters is 1. The molecule has 0 aliphatic heterocycles. The first-order chi connectivity index (χ1) is 12.0. The second-order valence-corrected chi connectivity index (χ2v) is 5.99. The van der Waals surface area contributed by atoms with Gasteiger partial charge in [0.2, 0.25) is 0 Å². The van der Waals surface area contributed by atoms with Gasteiger partial charge in [0.05, 0.1) is 10.0 Å². The number of ether oxygens (including phenoxy) is 1. The van der Waals surface area contributed by atoms with Crippen LogP contribution in [0.1, 0.15) is 18.1 Å². The lowest BCUT2D eigenvalue weighted by molar-refractivity contribution is -0.142. The first-order valence-electron chi connectivity index (χ1n) is 7.67. The molecule has 2 aromatic rings. The lowest BCUT2D eigenvalue weighted by Gasteiger charge is -2.09. The molecular formula is C19H17Cl2NO3. The van der Waals surface area contributed by atoms with Crippen molar-refractivity contribution in [3.8, 4) is 0 Å². The number of rotatable bonds is 6. The van der Waals surface area contributed by atoms with Crippen LogP contribution in [0.15, 0.2) is 48.5 Å². The molecule has 0 bridgehead atoms. The Kier molecular flexibility index (Phi) is 7.04. The SMILES string of the molecule is CCc1ccccc1NC(=O)COC(=O)/C=C/c1ccc(Cl)c(Cl)c1. The van der Waals surface area contributed by atoms with Gasteiger partial charge in [-0.3, -0.25) is 4.79 Å². The molecule has 2 rings (SSSR count). The molecule has 0 unspecified atom stereocenters. The summed E-state index contributed by atoms with van der Waals surface area (Å²) in [5, 5.41) is 3.56. The summed E-state index contributed by atoms with van der Waals surface area (Å²) in [4.78, 5) is 23.6. The second-order valence-electron chi connectivity index (χ2n) is 5.17. The van der Waals surface area contributed by atoms with Crippen molar-refractivity contribution >= 4 is 46.8 Å². The van der Waals surface area contributed by atoms with Crippen molar-refractivity contribution in [2.24, 2.45) is 0 Å². The Morgan fingerprint density at radius 3 is 2.60 bits per heavy atom. The third-order valence-electron chi connectivity index (χ3n) is 3.37. The van der Waals surface area contributed by atoms with Crippen molar-refractivity contribution in [3.63, 3.8) is 0 Å². The number of aryl methyl sites for hydroxylation is 1. The Balaban J connectivity index is 1.85. The van der Waals surface area contributed by atoms with Gasteiger partial charge in [0.1, 0.15) is 0 Å². The molecule has 0 radical (unpaired) electrons. The van der Waals surface area contributed by atoms with E-state index in [1.54, 1.807) is 18.2 Å². The molecule has 0 spiro atoms. The first-order valence-corrected chi connectivity index (χ1v) is 8.43. The van der Waals surface area contributed by atoms with Gasteiger partial charge in [-0.1, -0.05) is 54.4 Å². The smallest absolute Gasteiger partial charge is 0.331 e. The highest BCUT2D eigenvalue weighted by molar-refractivity contribution is 6.42. The molecule has 0 heterocycles. The predicted molar refractivity (Wildman–Crippen MR) is 101 cm³/mol. The van der Waals surface area contributed by atoms with Gasteiger partial charge in [0.25, 0.3) is 5.91 Å². The van der Waals surface area contributed by atoms with Crippen molar-refractivity contribution in [3.05, 3.63) is 69.7 Å². The van der Waals surface area contributed by atoms with Gasteiger partial charge in [-0.2, -0.15) is 0 Å². The van der Waals surface area contributed by atoms with Crippen LogP contribution in [-0.4, -0.2) is 18.5 Å². The third-order valence-corrected chi connectivity index (χ3v) is 4.11. The molecule has 0 aromatic heterocycles. The zero-order valence-corrected chi connectivity index (χ0v) is 15.1. The van der Waals surface area contributed by atoms with Crippen LogP contribution in [0.4, 0.5) is 5.69 Å². The number of nitrogens with one attached hydrogen (secondary N) is 1. The highest BCUT2D eigenvalue weighted by Crippen LogP contribution is 2.23. The summed E-state index contributed by atoms with van der Waals surface area (Å²) >= 11 is 11.7. The van der Waals surface area contributed by atoms with Gasteiger partial charge in [-0.15, -0.1) is 0 Å². The van der Waals surface area contributed by atoms with Crippen molar-refractivity contribution in [1.29, 1.82) is 0 Å². The van der Waals surface area contributed by atoms with E-state index in [0.29, 0.717) is 15.6 Å². The minimum atomic E-state index is -0.620. The lowest BCUT2D eigenvalue weighted by Crippen LogP contribution is -2.20. The van der Waals surface area contributed by atoms with E-state index in [9.17, 15) is 9.59 Å². The molecule has 0 saturated carbocycles. The average Bonchev–Trinajstić information content (AvgIpc) is 2.61. The molecule has 25 heavy (non-hydrogen) atoms. The Bertz CT molecular complexity index is 803. The van der Waals surface area contributed by atoms with E-state index in [1.807, 2.05) is 31.2 Å². The number of benzene rings is 2. The van der Waals surface area contributed by atoms with Crippen LogP contribution in [0.2, 0.25) is 10.0 Å². The average molecular weight is 378 g/mol. The molecule has 1 N–H and O–H groups in total. The fourth-order valence-corrected chi connectivity index (χ4v) is 2.41. The van der Waals surface area contributed by atoms with Crippen molar-refractivity contribution in [1.82, 2.24) is 0 Å². The second kappa shape index (κ2) is 9.25. The van der Waals surface area contributed by atoms with Gasteiger partial charge in [0, 0.05) is 11.8 Å². The van der Waals surface area contributed by atoms with Crippen molar-refractivity contribution < 1.29 is 14.3 Å². The zero-order chi connectivity index (χ0) is 18.2. The van der Waals surface area contributed by atoms with E-state index in [0.717, 1.165) is 17.7 Å². The van der Waals surface area contributed by atoms with Crippen LogP contribution in [0.5, 0.6) is 0 Å². The summed E-state index contributed by atoms with van der Waals surface area (Å²) in [5.74, 6) is -1.01. The lowest BCUT2D eigenvalue weighted by atomic mass is 10.1. The molecule has 4 nitrogen and oxygen atoms in total. The summed E-state index contributed by atoms with van der Waals surface area (Å²) in [6.45, 7) is 1.64. The van der Waals surface area contributed by atoms with E-state index in [2.05, 4.69) is 5.32 Å². The number of halogens is 2. The predicted octanol–water partition coefficient (Wildman–Crippen LogP) is 4.75. The first kappa shape index (κ1) is 19.0. The summed E-state index contributed by atoms with van der Waals surface area (Å²) in [6.07, 6.45) is 3.56. The maximum absolute atomic E-state index is 11.9. The Morgan fingerprint density at radius 2 is 1.88 bits per heavy atom. The summed E-state index contributed by atoms with van der Waals surface area (Å²) in [5.41, 5.74) is 2.44. The molecule has 0 saturated heterocycles. The highest BCUT2D eigenvalue weighted by Gasteiger charge is 2.08. The van der Waals surface area contributed by atoms with Crippen LogP contribution >= 0.6 is 23.2 Å². The van der Waals surface area contributed by atoms with E-state index >= 15 is 0 Å². The third kappa shape index (κ3) is 5.93. The number of carbonyl (C=O) groups excluding carboxylic acids is 2. The fraction of sp³-hybridized carbons (Fsp3) is 0.158. The number of amides is 1. The molecule has 2 aromatic carbocycles. The molecule has 0 atom stereocenters. The Morgan fingerprint density at radius 1 is 1.12 bits per heavy atom. The van der Waals surface area contributed by atoms with Gasteiger partial charge < -0.3 is 10.1 Å². The van der Waals surface area contributed by atoms with Crippen molar-refractivity contribution in [2.45, 2.75) is 13.3 Å². The van der Waals surface area contributed by atoms with Gasteiger partial charge >= 0.3 is 5.97 Å². The number of anilines is 1. The van der Waals surface area contributed by atoms with Crippen LogP contribution in [0.3, 0.4) is 0 Å². The monoisotopic (exact) mass is 377 g/mol. The molecule has 6 heteroatoms. The minimum Gasteiger partial charge on any atom is -0.452 e. The molecule has 0 fully saturated rings. The standard InChI is InChI=1S/C19H17Cl2NO3/c1-2-14-5-3-4-6-17(14)22-18(23)12-25-19(24)10-8-13-7-9-15(20)16(21)11-13/h3-11H,2,12H2,1H3,(H,22,23)/b10-8+. The Labute approximate surface area is 156 Å². The maximum atomic E-state index is 11.9. The largest absolute Gasteiger partial charge is 0.452 e. The molecule has 130 valence electrons. The quantitative estimate of drug-likeness (QED) is 0.583. The number of para-hydroxylation sites is 1. The summed E-state index contributed by atoms with van der Waals surface area (Å²) in [7, 11) is 0. The summed E-state index contributed by atoms with van der Waals surface area (Å²) < 4.78 is 4.93.